The molecule has 0 atom stereocenters. The minimum Gasteiger partial charge on any atom is -0.508 e. The maximum Gasteiger partial charge on any atom is 0.223 e. The number of nitrogens with zero attached hydrogens (tertiary/aromatic N) is 3. The van der Waals surface area contributed by atoms with Crippen molar-refractivity contribution < 1.29 is 5.11 Å². The predicted octanol–water partition coefficient (Wildman–Crippen LogP) is 7.26. The number of anilines is 1. The summed E-state index contributed by atoms with van der Waals surface area (Å²) in [6.07, 6.45) is 8.74. The first-order chi connectivity index (χ1) is 15.2. The quantitative estimate of drug-likeness (QED) is 0.368. The number of hydrogen-bond acceptors (Lipinski definition) is 6. The van der Waals surface area contributed by atoms with Gasteiger partial charge in [0.2, 0.25) is 5.95 Å². The lowest BCUT2D eigenvalue weighted by Gasteiger charge is -2.11. The second-order valence-electron chi connectivity index (χ2n) is 7.74. The van der Waals surface area contributed by atoms with Gasteiger partial charge >= 0.3 is 0 Å². The molecule has 2 heterocycles. The summed E-state index contributed by atoms with van der Waals surface area (Å²) in [5.74, 6) is 1.40. The maximum absolute atomic E-state index is 10.0. The molecule has 0 spiro atoms. The van der Waals surface area contributed by atoms with E-state index in [9.17, 15) is 5.11 Å². The zero-order valence-corrected chi connectivity index (χ0v) is 19.9. The standard InChI is InChI=1S/C23H28N4OS.C2H6/c1-3-6-15(7-4-2)22-27-20(16-8-5-9-18(28)14-16)21(29-22)19-12-13-24-23(26-19)25-17-10-11-17;1-2/h5,8-9,12-15,17,28H,3-4,6-7,10-11H2,1-2H3,(H,24,25,26);1-2H3. The van der Waals surface area contributed by atoms with Crippen molar-refractivity contribution >= 4 is 17.3 Å². The smallest absolute Gasteiger partial charge is 0.223 e. The van der Waals surface area contributed by atoms with Gasteiger partial charge in [-0.25, -0.2) is 15.0 Å². The first-order valence-electron chi connectivity index (χ1n) is 11.6. The van der Waals surface area contributed by atoms with Gasteiger partial charge in [-0.2, -0.15) is 0 Å². The average Bonchev–Trinajstić information content (AvgIpc) is 3.49. The minimum absolute atomic E-state index is 0.250. The second kappa shape index (κ2) is 11.2. The van der Waals surface area contributed by atoms with Gasteiger partial charge in [-0.05, 0) is 43.9 Å². The van der Waals surface area contributed by atoms with Crippen LogP contribution in [0.3, 0.4) is 0 Å². The molecule has 0 bridgehead atoms. The highest BCUT2D eigenvalue weighted by Crippen LogP contribution is 2.41. The van der Waals surface area contributed by atoms with Crippen LogP contribution in [-0.2, 0) is 0 Å². The molecule has 6 heteroatoms. The van der Waals surface area contributed by atoms with Crippen LogP contribution >= 0.6 is 11.3 Å². The third-order valence-corrected chi connectivity index (χ3v) is 6.43. The number of phenols is 1. The molecule has 1 fully saturated rings. The highest BCUT2D eigenvalue weighted by atomic mass is 32.1. The zero-order chi connectivity index (χ0) is 22.2. The molecular weight excluding hydrogens is 404 g/mol. The number of aromatic hydroxyl groups is 1. The molecule has 5 nitrogen and oxygen atoms in total. The van der Waals surface area contributed by atoms with Crippen LogP contribution in [0.1, 0.15) is 77.1 Å². The van der Waals surface area contributed by atoms with Crippen molar-refractivity contribution in [3.8, 4) is 27.6 Å². The molecule has 4 rings (SSSR count). The number of rotatable bonds is 9. The molecule has 1 aliphatic rings. The highest BCUT2D eigenvalue weighted by Gasteiger charge is 2.24. The largest absolute Gasteiger partial charge is 0.508 e. The molecule has 3 aromatic rings. The van der Waals surface area contributed by atoms with Crippen LogP contribution in [0.25, 0.3) is 21.8 Å². The average molecular weight is 439 g/mol. The number of thiazole rings is 1. The van der Waals surface area contributed by atoms with Crippen LogP contribution in [0, 0.1) is 0 Å². The summed E-state index contributed by atoms with van der Waals surface area (Å²) in [5.41, 5.74) is 2.70. The molecule has 1 aromatic carbocycles. The van der Waals surface area contributed by atoms with Gasteiger partial charge in [0.1, 0.15) is 5.75 Å². The van der Waals surface area contributed by atoms with Crippen molar-refractivity contribution in [3.63, 3.8) is 0 Å². The van der Waals surface area contributed by atoms with Crippen LogP contribution < -0.4 is 5.32 Å². The molecule has 2 N–H and O–H groups in total. The summed E-state index contributed by atoms with van der Waals surface area (Å²) in [6, 6.07) is 9.80. The molecule has 166 valence electrons. The van der Waals surface area contributed by atoms with Gasteiger partial charge in [0.05, 0.1) is 21.3 Å². The molecule has 1 aliphatic carbocycles. The van der Waals surface area contributed by atoms with Gasteiger partial charge in [0.15, 0.2) is 0 Å². The van der Waals surface area contributed by atoms with Crippen molar-refractivity contribution in [2.24, 2.45) is 0 Å². The first-order valence-corrected chi connectivity index (χ1v) is 12.4. The monoisotopic (exact) mass is 438 g/mol. The molecule has 0 amide bonds. The molecule has 0 saturated heterocycles. The maximum atomic E-state index is 10.0. The lowest BCUT2D eigenvalue weighted by Crippen LogP contribution is -2.05. The van der Waals surface area contributed by atoms with Gasteiger partial charge < -0.3 is 10.4 Å². The van der Waals surface area contributed by atoms with Gasteiger partial charge in [0.25, 0.3) is 0 Å². The van der Waals surface area contributed by atoms with Gasteiger partial charge in [-0.15, -0.1) is 11.3 Å². The summed E-state index contributed by atoms with van der Waals surface area (Å²) in [6.45, 7) is 8.46. The fourth-order valence-electron chi connectivity index (χ4n) is 3.59. The number of hydrogen-bond donors (Lipinski definition) is 2. The van der Waals surface area contributed by atoms with Crippen LogP contribution in [0.2, 0.25) is 0 Å². The van der Waals surface area contributed by atoms with Crippen LogP contribution in [-0.4, -0.2) is 26.1 Å². The highest BCUT2D eigenvalue weighted by molar-refractivity contribution is 7.15. The Kier molecular flexibility index (Phi) is 8.41. The van der Waals surface area contributed by atoms with Crippen molar-refractivity contribution in [1.82, 2.24) is 15.0 Å². The normalized spacial score (nSPS) is 13.1. The van der Waals surface area contributed by atoms with Gasteiger partial charge in [0, 0.05) is 23.7 Å². The van der Waals surface area contributed by atoms with E-state index in [1.165, 1.54) is 12.8 Å². The Balaban J connectivity index is 0.00000132. The molecule has 1 saturated carbocycles. The predicted molar refractivity (Wildman–Crippen MR) is 131 cm³/mol. The molecule has 31 heavy (non-hydrogen) atoms. The Morgan fingerprint density at radius 1 is 1.10 bits per heavy atom. The van der Waals surface area contributed by atoms with E-state index >= 15 is 0 Å². The van der Waals surface area contributed by atoms with E-state index in [-0.39, 0.29) is 5.75 Å². The molecule has 2 aromatic heterocycles. The number of benzene rings is 1. The van der Waals surface area contributed by atoms with E-state index in [1.54, 1.807) is 23.5 Å². The topological polar surface area (TPSA) is 70.9 Å². The summed E-state index contributed by atoms with van der Waals surface area (Å²) in [5, 5.41) is 14.6. The Morgan fingerprint density at radius 2 is 1.84 bits per heavy atom. The zero-order valence-electron chi connectivity index (χ0n) is 19.1. The molecule has 0 unspecified atom stereocenters. The van der Waals surface area contributed by atoms with E-state index in [0.29, 0.717) is 17.9 Å². The second-order valence-corrected chi connectivity index (χ2v) is 8.77. The van der Waals surface area contributed by atoms with Crippen molar-refractivity contribution in [3.05, 3.63) is 41.5 Å². The van der Waals surface area contributed by atoms with E-state index in [1.807, 2.05) is 38.2 Å². The van der Waals surface area contributed by atoms with E-state index < -0.39 is 0 Å². The molecular formula is C25H34N4OS. The van der Waals surface area contributed by atoms with E-state index in [2.05, 4.69) is 24.1 Å². The van der Waals surface area contributed by atoms with Gasteiger partial charge in [-0.3, -0.25) is 0 Å². The third kappa shape index (κ3) is 6.03. The summed E-state index contributed by atoms with van der Waals surface area (Å²) in [7, 11) is 0. The Morgan fingerprint density at radius 3 is 2.48 bits per heavy atom. The van der Waals surface area contributed by atoms with E-state index in [4.69, 9.17) is 9.97 Å². The summed E-state index contributed by atoms with van der Waals surface area (Å²) >= 11 is 1.73. The Labute approximate surface area is 190 Å². The van der Waals surface area contributed by atoms with Crippen molar-refractivity contribution in [2.75, 3.05) is 5.32 Å². The van der Waals surface area contributed by atoms with Crippen molar-refractivity contribution in [1.29, 1.82) is 0 Å². The molecule has 0 aliphatic heterocycles. The molecule has 0 radical (unpaired) electrons. The van der Waals surface area contributed by atoms with Gasteiger partial charge in [-0.1, -0.05) is 52.7 Å². The first kappa shape index (κ1) is 23.2. The SMILES string of the molecule is CC.CCCC(CCC)c1nc(-c2cccc(O)c2)c(-c2ccnc(NC3CC3)n2)s1. The summed E-state index contributed by atoms with van der Waals surface area (Å²) < 4.78 is 0. The summed E-state index contributed by atoms with van der Waals surface area (Å²) in [4.78, 5) is 15.3. The third-order valence-electron chi connectivity index (χ3n) is 5.19. The fraction of sp³-hybridized carbons (Fsp3) is 0.480. The van der Waals surface area contributed by atoms with Crippen LogP contribution in [0.15, 0.2) is 36.5 Å². The Bertz CT molecular complexity index is 962. The number of phenolic OH excluding ortho intramolecular Hbond substituents is 1. The lowest BCUT2D eigenvalue weighted by molar-refractivity contribution is 0.475. The van der Waals surface area contributed by atoms with Crippen LogP contribution in [0.5, 0.6) is 5.75 Å². The number of aromatic nitrogens is 3. The Hall–Kier alpha value is -2.47. The van der Waals surface area contributed by atoms with E-state index in [0.717, 1.165) is 52.5 Å². The number of nitrogens with one attached hydrogen (secondary N) is 1. The minimum atomic E-state index is 0.250. The van der Waals surface area contributed by atoms with Crippen molar-refractivity contribution in [2.45, 2.75) is 78.2 Å². The fourth-order valence-corrected chi connectivity index (χ4v) is 4.81. The van der Waals surface area contributed by atoms with Crippen LogP contribution in [0.4, 0.5) is 5.95 Å². The lowest BCUT2D eigenvalue weighted by atomic mass is 9.99.